The minimum absolute atomic E-state index is 0.0605. The summed E-state index contributed by atoms with van der Waals surface area (Å²) in [4.78, 5) is 22.9. The molecule has 1 aromatic carbocycles. The van der Waals surface area contributed by atoms with Crippen LogP contribution in [0.4, 0.5) is 4.79 Å². The Morgan fingerprint density at radius 2 is 1.70 bits per heavy atom. The van der Waals surface area contributed by atoms with Crippen molar-refractivity contribution in [2.75, 3.05) is 34.3 Å². The second kappa shape index (κ2) is 11.7. The number of aliphatic hydroxyl groups is 1. The van der Waals surface area contributed by atoms with E-state index < -0.39 is 27.7 Å². The standard InChI is InChI=1S/C20H32N2O6S.C2H4O2/c1-20(2,3)28-19(24)22-11-9-14(10-12-22)18(23)16-13-15(27-6)7-8-17(16)29(25,26)21(4)5;1-2(3)4/h7-8,13-14,18,23H,9-12H2,1-6H3;1H3,(H,3,4). The molecule has 188 valence electrons. The fourth-order valence-electron chi connectivity index (χ4n) is 3.29. The molecule has 1 amide bonds. The summed E-state index contributed by atoms with van der Waals surface area (Å²) in [5, 5.41) is 18.4. The van der Waals surface area contributed by atoms with Crippen LogP contribution in [-0.2, 0) is 19.6 Å². The number of piperidine rings is 1. The number of carboxylic acid groups (broad SMARTS) is 1. The van der Waals surface area contributed by atoms with Gasteiger partial charge in [0.15, 0.2) is 0 Å². The van der Waals surface area contributed by atoms with Gasteiger partial charge in [-0.1, -0.05) is 0 Å². The average molecular weight is 489 g/mol. The smallest absolute Gasteiger partial charge is 0.410 e. The van der Waals surface area contributed by atoms with E-state index in [0.717, 1.165) is 11.2 Å². The second-order valence-corrected chi connectivity index (χ2v) is 11.1. The first-order valence-electron chi connectivity index (χ1n) is 10.6. The first-order valence-corrected chi connectivity index (χ1v) is 12.0. The third-order valence-corrected chi connectivity index (χ3v) is 6.82. The van der Waals surface area contributed by atoms with Crippen molar-refractivity contribution in [1.29, 1.82) is 0 Å². The molecule has 1 saturated heterocycles. The number of carbonyl (C=O) groups excluding carboxylic acids is 1. The van der Waals surface area contributed by atoms with Gasteiger partial charge >= 0.3 is 6.09 Å². The zero-order chi connectivity index (χ0) is 25.6. The Balaban J connectivity index is 0.00000125. The van der Waals surface area contributed by atoms with Crippen molar-refractivity contribution in [2.45, 2.75) is 57.1 Å². The molecule has 2 rings (SSSR count). The van der Waals surface area contributed by atoms with Crippen LogP contribution in [0.25, 0.3) is 0 Å². The normalized spacial score (nSPS) is 16.0. The number of methoxy groups -OCH3 is 1. The SMILES string of the molecule is CC(=O)O.COc1ccc(S(=O)(=O)N(C)C)c(C(O)C2CCN(C(=O)OC(C)(C)C)CC2)c1. The molecule has 11 heteroatoms. The number of amides is 1. The van der Waals surface area contributed by atoms with Crippen LogP contribution in [0.2, 0.25) is 0 Å². The monoisotopic (exact) mass is 488 g/mol. The molecule has 1 aromatic rings. The molecule has 1 aliphatic heterocycles. The van der Waals surface area contributed by atoms with Crippen LogP contribution in [0.5, 0.6) is 5.75 Å². The maximum Gasteiger partial charge on any atom is 0.410 e. The third-order valence-electron chi connectivity index (χ3n) is 4.93. The average Bonchev–Trinajstić information content (AvgIpc) is 2.71. The van der Waals surface area contributed by atoms with Gasteiger partial charge in [-0.2, -0.15) is 0 Å². The molecule has 0 aromatic heterocycles. The van der Waals surface area contributed by atoms with Crippen molar-refractivity contribution in [3.8, 4) is 5.75 Å². The van der Waals surface area contributed by atoms with Gasteiger partial charge in [-0.25, -0.2) is 17.5 Å². The van der Waals surface area contributed by atoms with E-state index in [1.54, 1.807) is 17.0 Å². The number of hydrogen-bond acceptors (Lipinski definition) is 7. The van der Waals surface area contributed by atoms with Crippen molar-refractivity contribution in [3.63, 3.8) is 0 Å². The highest BCUT2D eigenvalue weighted by Crippen LogP contribution is 2.36. The maximum atomic E-state index is 12.7. The first-order chi connectivity index (χ1) is 15.1. The molecule has 0 radical (unpaired) electrons. The van der Waals surface area contributed by atoms with Crippen LogP contribution in [0.1, 0.15) is 52.2 Å². The summed E-state index contributed by atoms with van der Waals surface area (Å²) in [5.41, 5.74) is -0.252. The summed E-state index contributed by atoms with van der Waals surface area (Å²) in [5.74, 6) is -0.542. The van der Waals surface area contributed by atoms with Crippen LogP contribution < -0.4 is 4.74 Å². The number of hydrogen-bond donors (Lipinski definition) is 2. The van der Waals surface area contributed by atoms with Crippen LogP contribution >= 0.6 is 0 Å². The van der Waals surface area contributed by atoms with Crippen LogP contribution in [0.3, 0.4) is 0 Å². The van der Waals surface area contributed by atoms with E-state index in [2.05, 4.69) is 0 Å². The van der Waals surface area contributed by atoms with Gasteiger partial charge < -0.3 is 24.6 Å². The summed E-state index contributed by atoms with van der Waals surface area (Å²) < 4.78 is 37.2. The Morgan fingerprint density at radius 3 is 2.12 bits per heavy atom. The van der Waals surface area contributed by atoms with Gasteiger partial charge in [0.25, 0.3) is 5.97 Å². The lowest BCUT2D eigenvalue weighted by Crippen LogP contribution is -2.42. The second-order valence-electron chi connectivity index (χ2n) is 8.96. The highest BCUT2D eigenvalue weighted by molar-refractivity contribution is 7.89. The number of benzene rings is 1. The number of likely N-dealkylation sites (tertiary alicyclic amines) is 1. The summed E-state index contributed by atoms with van der Waals surface area (Å²) >= 11 is 0. The molecule has 0 bridgehead atoms. The van der Waals surface area contributed by atoms with Gasteiger partial charge in [-0.3, -0.25) is 4.79 Å². The van der Waals surface area contributed by atoms with Gasteiger partial charge in [0.1, 0.15) is 11.4 Å². The zero-order valence-corrected chi connectivity index (χ0v) is 21.2. The first kappa shape index (κ1) is 28.7. The Labute approximate surface area is 196 Å². The molecule has 1 unspecified atom stereocenters. The molecule has 1 atom stereocenters. The van der Waals surface area contributed by atoms with E-state index in [9.17, 15) is 18.3 Å². The molecule has 0 aliphatic carbocycles. The molecule has 1 fully saturated rings. The number of sulfonamides is 1. The van der Waals surface area contributed by atoms with E-state index in [1.807, 2.05) is 20.8 Å². The molecule has 1 heterocycles. The summed E-state index contributed by atoms with van der Waals surface area (Å²) in [6.07, 6.45) is -0.281. The number of carbonyl (C=O) groups is 2. The van der Waals surface area contributed by atoms with Crippen molar-refractivity contribution in [3.05, 3.63) is 23.8 Å². The Bertz CT molecular complexity index is 913. The van der Waals surface area contributed by atoms with Crippen molar-refractivity contribution < 1.29 is 37.7 Å². The maximum absolute atomic E-state index is 12.7. The number of aliphatic carboxylic acids is 1. The van der Waals surface area contributed by atoms with E-state index in [1.165, 1.54) is 27.3 Å². The van der Waals surface area contributed by atoms with E-state index >= 15 is 0 Å². The predicted molar refractivity (Wildman–Crippen MR) is 123 cm³/mol. The van der Waals surface area contributed by atoms with E-state index in [-0.39, 0.29) is 16.9 Å². The Hall–Kier alpha value is -2.37. The number of carboxylic acids is 1. The molecule has 33 heavy (non-hydrogen) atoms. The number of rotatable bonds is 5. The molecule has 1 aliphatic rings. The number of aliphatic hydroxyl groups excluding tert-OH is 1. The number of ether oxygens (including phenoxy) is 2. The van der Waals surface area contributed by atoms with Crippen molar-refractivity contribution >= 4 is 22.1 Å². The van der Waals surface area contributed by atoms with Crippen molar-refractivity contribution in [2.24, 2.45) is 5.92 Å². The molecule has 0 saturated carbocycles. The van der Waals surface area contributed by atoms with Crippen LogP contribution in [0.15, 0.2) is 23.1 Å². The Morgan fingerprint density at radius 1 is 1.18 bits per heavy atom. The van der Waals surface area contributed by atoms with Gasteiger partial charge in [-0.05, 0) is 57.7 Å². The predicted octanol–water partition coefficient (Wildman–Crippen LogP) is 2.72. The minimum atomic E-state index is -3.73. The third kappa shape index (κ3) is 8.49. The lowest BCUT2D eigenvalue weighted by molar-refractivity contribution is -0.134. The van der Waals surface area contributed by atoms with Gasteiger partial charge in [0.2, 0.25) is 10.0 Å². The van der Waals surface area contributed by atoms with Gasteiger partial charge in [0, 0.05) is 39.7 Å². The summed E-state index contributed by atoms with van der Waals surface area (Å²) in [6, 6.07) is 4.60. The summed E-state index contributed by atoms with van der Waals surface area (Å²) in [6.45, 7) is 7.41. The van der Waals surface area contributed by atoms with Crippen molar-refractivity contribution in [1.82, 2.24) is 9.21 Å². The van der Waals surface area contributed by atoms with Gasteiger partial charge in [-0.15, -0.1) is 0 Å². The van der Waals surface area contributed by atoms with Crippen LogP contribution in [-0.4, -0.2) is 79.8 Å². The highest BCUT2D eigenvalue weighted by Gasteiger charge is 2.33. The molecule has 10 nitrogen and oxygen atoms in total. The van der Waals surface area contributed by atoms with E-state index in [0.29, 0.717) is 37.2 Å². The molecule has 2 N–H and O–H groups in total. The van der Waals surface area contributed by atoms with Gasteiger partial charge in [0.05, 0.1) is 18.1 Å². The minimum Gasteiger partial charge on any atom is -0.497 e. The number of nitrogens with zero attached hydrogens (tertiary/aromatic N) is 2. The molecular weight excluding hydrogens is 452 g/mol. The zero-order valence-electron chi connectivity index (χ0n) is 20.4. The molecule has 0 spiro atoms. The fourth-order valence-corrected chi connectivity index (χ4v) is 4.41. The van der Waals surface area contributed by atoms with E-state index in [4.69, 9.17) is 19.4 Å². The van der Waals surface area contributed by atoms with Crippen LogP contribution in [0, 0.1) is 5.92 Å². The summed E-state index contributed by atoms with van der Waals surface area (Å²) in [7, 11) is 0.670. The quantitative estimate of drug-likeness (QED) is 0.646. The topological polar surface area (TPSA) is 134 Å². The largest absolute Gasteiger partial charge is 0.497 e. The fraction of sp³-hybridized carbons (Fsp3) is 0.636. The lowest BCUT2D eigenvalue weighted by Gasteiger charge is -2.35. The molecular formula is C22H36N2O8S. The lowest BCUT2D eigenvalue weighted by atomic mass is 9.87. The highest BCUT2D eigenvalue weighted by atomic mass is 32.2. The Kier molecular flexibility index (Phi) is 10.1.